The van der Waals surface area contributed by atoms with Crippen LogP contribution in [0.4, 0.5) is 15.3 Å². The first-order valence-electron chi connectivity index (χ1n) is 11.1. The van der Waals surface area contributed by atoms with E-state index < -0.39 is 6.23 Å². The quantitative estimate of drug-likeness (QED) is 0.692. The Morgan fingerprint density at radius 2 is 1.87 bits per heavy atom. The van der Waals surface area contributed by atoms with Gasteiger partial charge in [0, 0.05) is 37.9 Å². The van der Waals surface area contributed by atoms with E-state index >= 15 is 0 Å². The van der Waals surface area contributed by atoms with Gasteiger partial charge in [0.05, 0.1) is 6.04 Å². The maximum atomic E-state index is 12.8. The van der Waals surface area contributed by atoms with E-state index in [0.29, 0.717) is 19.6 Å². The minimum atomic E-state index is -0.649. The van der Waals surface area contributed by atoms with Crippen LogP contribution in [0.15, 0.2) is 24.3 Å². The Balaban J connectivity index is 1.31. The number of likely N-dealkylation sites (N-methyl/N-ethyl adjacent to an activating group) is 1. The molecular formula is C22H33N5O3. The van der Waals surface area contributed by atoms with Gasteiger partial charge >= 0.3 is 12.1 Å². The lowest BCUT2D eigenvalue weighted by atomic mass is 10.0. The summed E-state index contributed by atoms with van der Waals surface area (Å²) in [5, 5.41) is 16.6. The first-order valence-corrected chi connectivity index (χ1v) is 11.1. The zero-order chi connectivity index (χ0) is 21.1. The first-order chi connectivity index (χ1) is 14.5. The van der Waals surface area contributed by atoms with Crippen LogP contribution in [0, 0.1) is 0 Å². The van der Waals surface area contributed by atoms with Crippen molar-refractivity contribution in [2.75, 3.05) is 32.0 Å². The third-order valence-electron chi connectivity index (χ3n) is 6.70. The van der Waals surface area contributed by atoms with Crippen molar-refractivity contribution in [3.63, 3.8) is 0 Å². The lowest BCUT2D eigenvalue weighted by Crippen LogP contribution is -2.57. The number of anilines is 1. The fraction of sp³-hybridized carbons (Fsp3) is 0.636. The number of para-hydroxylation sites is 1. The molecule has 0 saturated carbocycles. The number of benzene rings is 1. The minimum absolute atomic E-state index is 0.0581. The van der Waals surface area contributed by atoms with E-state index in [1.54, 1.807) is 0 Å². The van der Waals surface area contributed by atoms with Gasteiger partial charge in [-0.15, -0.1) is 0 Å². The molecule has 4 amide bonds. The van der Waals surface area contributed by atoms with Crippen molar-refractivity contribution >= 4 is 17.7 Å². The molecule has 30 heavy (non-hydrogen) atoms. The molecule has 0 bridgehead atoms. The zero-order valence-corrected chi connectivity index (χ0v) is 17.7. The number of hydrogen-bond acceptors (Lipinski definition) is 4. The molecule has 3 aliphatic heterocycles. The molecule has 2 saturated heterocycles. The minimum Gasteiger partial charge on any atom is -0.376 e. The summed E-state index contributed by atoms with van der Waals surface area (Å²) in [5.41, 5.74) is 2.01. The third-order valence-corrected chi connectivity index (χ3v) is 6.70. The van der Waals surface area contributed by atoms with Crippen LogP contribution in [-0.4, -0.2) is 76.9 Å². The Kier molecular flexibility index (Phi) is 6.43. The molecule has 0 aliphatic carbocycles. The SMILES string of the molecule is CN1CCCCC[C@@H](NC(=O)N2CCC(N3Cc4ccccc4NC3=O)CC2)C1O. The molecule has 8 nitrogen and oxygen atoms in total. The molecule has 1 aromatic carbocycles. The number of piperidine rings is 1. The van der Waals surface area contributed by atoms with Crippen molar-refractivity contribution in [1.29, 1.82) is 0 Å². The van der Waals surface area contributed by atoms with E-state index in [9.17, 15) is 14.7 Å². The standard InChI is InChI=1S/C22H33N5O3/c1-25-12-6-2-3-9-19(20(25)28)24-21(29)26-13-10-17(11-14-26)27-15-16-7-4-5-8-18(16)23-22(27)30/h4-5,7-8,17,19-20,28H,2-3,6,9-15H2,1H3,(H,23,30)(H,24,29)/t19-,20?/m1/s1. The van der Waals surface area contributed by atoms with Crippen LogP contribution in [0.25, 0.3) is 0 Å². The van der Waals surface area contributed by atoms with Crippen LogP contribution in [0.1, 0.15) is 44.1 Å². The van der Waals surface area contributed by atoms with Crippen LogP contribution < -0.4 is 10.6 Å². The number of aliphatic hydroxyl groups is 1. The van der Waals surface area contributed by atoms with Crippen molar-refractivity contribution in [2.45, 2.75) is 63.4 Å². The Morgan fingerprint density at radius 1 is 1.10 bits per heavy atom. The predicted molar refractivity (Wildman–Crippen MR) is 115 cm³/mol. The lowest BCUT2D eigenvalue weighted by Gasteiger charge is -2.41. The van der Waals surface area contributed by atoms with Crippen LogP contribution in [0.5, 0.6) is 0 Å². The number of carbonyl (C=O) groups excluding carboxylic acids is 2. The van der Waals surface area contributed by atoms with Crippen molar-refractivity contribution in [3.8, 4) is 0 Å². The van der Waals surface area contributed by atoms with Gasteiger partial charge in [-0.1, -0.05) is 31.0 Å². The molecule has 3 aliphatic rings. The second-order valence-corrected chi connectivity index (χ2v) is 8.73. The molecule has 1 unspecified atom stereocenters. The summed E-state index contributed by atoms with van der Waals surface area (Å²) in [4.78, 5) is 31.0. The summed E-state index contributed by atoms with van der Waals surface area (Å²) in [6.07, 6.45) is 4.88. The molecule has 0 spiro atoms. The largest absolute Gasteiger partial charge is 0.376 e. The van der Waals surface area contributed by atoms with Gasteiger partial charge in [0.1, 0.15) is 6.23 Å². The summed E-state index contributed by atoms with van der Waals surface area (Å²) in [6.45, 7) is 2.68. The maximum Gasteiger partial charge on any atom is 0.322 e. The van der Waals surface area contributed by atoms with Crippen molar-refractivity contribution in [2.24, 2.45) is 0 Å². The highest BCUT2D eigenvalue weighted by atomic mass is 16.3. The predicted octanol–water partition coefficient (Wildman–Crippen LogP) is 2.40. The third kappa shape index (κ3) is 4.54. The highest BCUT2D eigenvalue weighted by Gasteiger charge is 2.34. The van der Waals surface area contributed by atoms with Gasteiger partial charge in [0.2, 0.25) is 0 Å². The number of amides is 4. The number of fused-ring (bicyclic) bond motifs is 1. The Morgan fingerprint density at radius 3 is 2.67 bits per heavy atom. The van der Waals surface area contributed by atoms with Crippen LogP contribution >= 0.6 is 0 Å². The summed E-state index contributed by atoms with van der Waals surface area (Å²) >= 11 is 0. The molecule has 3 N–H and O–H groups in total. The van der Waals surface area contributed by atoms with Gasteiger partial charge in [-0.05, 0) is 44.4 Å². The highest BCUT2D eigenvalue weighted by Crippen LogP contribution is 2.27. The molecular weight excluding hydrogens is 382 g/mol. The summed E-state index contributed by atoms with van der Waals surface area (Å²) in [5.74, 6) is 0. The first kappa shape index (κ1) is 20.9. The van der Waals surface area contributed by atoms with Crippen LogP contribution in [0.3, 0.4) is 0 Å². The number of nitrogens with one attached hydrogen (secondary N) is 2. The van der Waals surface area contributed by atoms with Gasteiger partial charge < -0.3 is 25.5 Å². The molecule has 4 rings (SSSR count). The van der Waals surface area contributed by atoms with Gasteiger partial charge in [0.25, 0.3) is 0 Å². The average molecular weight is 416 g/mol. The lowest BCUT2D eigenvalue weighted by molar-refractivity contribution is -0.0155. The number of aliphatic hydroxyl groups excluding tert-OH is 1. The Labute approximate surface area is 178 Å². The summed E-state index contributed by atoms with van der Waals surface area (Å²) in [7, 11) is 1.91. The topological polar surface area (TPSA) is 88.2 Å². The molecule has 2 atom stereocenters. The number of rotatable bonds is 2. The highest BCUT2D eigenvalue weighted by molar-refractivity contribution is 5.92. The van der Waals surface area contributed by atoms with Gasteiger partial charge in [0.15, 0.2) is 0 Å². The van der Waals surface area contributed by atoms with Crippen LogP contribution in [0.2, 0.25) is 0 Å². The summed E-state index contributed by atoms with van der Waals surface area (Å²) in [6, 6.07) is 7.60. The monoisotopic (exact) mass is 415 g/mol. The molecule has 0 radical (unpaired) electrons. The number of carbonyl (C=O) groups is 2. The van der Waals surface area contributed by atoms with Gasteiger partial charge in [-0.2, -0.15) is 0 Å². The van der Waals surface area contributed by atoms with E-state index in [1.165, 1.54) is 0 Å². The Hall–Kier alpha value is -2.32. The smallest absolute Gasteiger partial charge is 0.322 e. The molecule has 164 valence electrons. The number of nitrogens with zero attached hydrogens (tertiary/aromatic N) is 3. The fourth-order valence-corrected chi connectivity index (χ4v) is 4.79. The molecule has 8 heteroatoms. The van der Waals surface area contributed by atoms with E-state index in [-0.39, 0.29) is 24.1 Å². The van der Waals surface area contributed by atoms with Gasteiger partial charge in [-0.3, -0.25) is 4.90 Å². The van der Waals surface area contributed by atoms with E-state index in [4.69, 9.17) is 0 Å². The number of urea groups is 2. The summed E-state index contributed by atoms with van der Waals surface area (Å²) < 4.78 is 0. The number of hydrogen-bond donors (Lipinski definition) is 3. The normalized spacial score (nSPS) is 26.4. The fourth-order valence-electron chi connectivity index (χ4n) is 4.79. The molecule has 2 fully saturated rings. The molecule has 1 aromatic rings. The van der Waals surface area contributed by atoms with E-state index in [0.717, 1.165) is 56.3 Å². The Bertz CT molecular complexity index is 765. The van der Waals surface area contributed by atoms with Crippen molar-refractivity contribution in [1.82, 2.24) is 20.0 Å². The van der Waals surface area contributed by atoms with Crippen molar-refractivity contribution in [3.05, 3.63) is 29.8 Å². The molecule has 0 aromatic heterocycles. The maximum absolute atomic E-state index is 12.8. The van der Waals surface area contributed by atoms with E-state index in [1.807, 2.05) is 46.0 Å². The van der Waals surface area contributed by atoms with Crippen molar-refractivity contribution < 1.29 is 14.7 Å². The van der Waals surface area contributed by atoms with Gasteiger partial charge in [-0.25, -0.2) is 9.59 Å². The van der Waals surface area contributed by atoms with Crippen LogP contribution in [-0.2, 0) is 6.54 Å². The zero-order valence-electron chi connectivity index (χ0n) is 17.7. The molecule has 3 heterocycles. The van der Waals surface area contributed by atoms with E-state index in [2.05, 4.69) is 10.6 Å². The second kappa shape index (κ2) is 9.22. The average Bonchev–Trinajstić information content (AvgIpc) is 2.76. The second-order valence-electron chi connectivity index (χ2n) is 8.73. The number of likely N-dealkylation sites (tertiary alicyclic amines) is 2.